The van der Waals surface area contributed by atoms with Crippen molar-refractivity contribution in [3.05, 3.63) is 0 Å². The number of thioether (sulfide) groups is 1. The van der Waals surface area contributed by atoms with Gasteiger partial charge >= 0.3 is 0 Å². The molecule has 11 heavy (non-hydrogen) atoms. The van der Waals surface area contributed by atoms with Crippen LogP contribution in [0.2, 0.25) is 0 Å². The molecule has 1 heterocycles. The molecule has 0 saturated carbocycles. The van der Waals surface area contributed by atoms with E-state index in [9.17, 15) is 0 Å². The summed E-state index contributed by atoms with van der Waals surface area (Å²) in [7, 11) is 0. The van der Waals surface area contributed by atoms with E-state index in [1.807, 2.05) is 6.92 Å². The Hall–Kier alpha value is -0.730. The summed E-state index contributed by atoms with van der Waals surface area (Å²) in [6.07, 6.45) is 0. The summed E-state index contributed by atoms with van der Waals surface area (Å²) in [6, 6.07) is 0. The SMILES string of the molecule is CC#CCSc1nnc(N)s1. The second kappa shape index (κ2) is 4.21. The second-order valence-corrected chi connectivity index (χ2v) is 3.85. The van der Waals surface area contributed by atoms with E-state index in [0.29, 0.717) is 5.13 Å². The van der Waals surface area contributed by atoms with Crippen LogP contribution in [0.5, 0.6) is 0 Å². The van der Waals surface area contributed by atoms with E-state index < -0.39 is 0 Å². The Labute approximate surface area is 73.4 Å². The zero-order chi connectivity index (χ0) is 8.10. The molecule has 0 bridgehead atoms. The quantitative estimate of drug-likeness (QED) is 0.556. The molecule has 1 aromatic heterocycles. The molecule has 1 rings (SSSR count). The first-order chi connectivity index (χ1) is 5.33. The topological polar surface area (TPSA) is 51.8 Å². The summed E-state index contributed by atoms with van der Waals surface area (Å²) in [5.41, 5.74) is 5.38. The smallest absolute Gasteiger partial charge is 0.203 e. The number of hydrogen-bond acceptors (Lipinski definition) is 5. The lowest BCUT2D eigenvalue weighted by Gasteiger charge is -1.83. The molecule has 0 aliphatic rings. The molecule has 0 aliphatic heterocycles. The molecule has 0 aliphatic carbocycles. The van der Waals surface area contributed by atoms with E-state index in [0.717, 1.165) is 10.1 Å². The van der Waals surface area contributed by atoms with Gasteiger partial charge in [-0.15, -0.1) is 16.1 Å². The number of nitrogens with two attached hydrogens (primary N) is 1. The van der Waals surface area contributed by atoms with Gasteiger partial charge < -0.3 is 5.73 Å². The Morgan fingerprint density at radius 3 is 3.00 bits per heavy atom. The molecule has 2 N–H and O–H groups in total. The highest BCUT2D eigenvalue weighted by Crippen LogP contribution is 2.22. The summed E-state index contributed by atoms with van der Waals surface area (Å²) in [5, 5.41) is 8.01. The zero-order valence-corrected chi connectivity index (χ0v) is 7.63. The third-order valence-electron chi connectivity index (χ3n) is 0.867. The lowest BCUT2D eigenvalue weighted by atomic mass is 10.7. The van der Waals surface area contributed by atoms with E-state index in [2.05, 4.69) is 22.0 Å². The molecule has 0 atom stereocenters. The van der Waals surface area contributed by atoms with Crippen LogP contribution in [-0.4, -0.2) is 16.0 Å². The van der Waals surface area contributed by atoms with Crippen LogP contribution in [0.15, 0.2) is 4.34 Å². The number of rotatable bonds is 2. The molecule has 0 fully saturated rings. The maximum absolute atomic E-state index is 5.38. The lowest BCUT2D eigenvalue weighted by Crippen LogP contribution is -1.79. The van der Waals surface area contributed by atoms with Gasteiger partial charge in [0.05, 0.1) is 5.75 Å². The molecule has 1 aromatic rings. The molecule has 5 heteroatoms. The fourth-order valence-corrected chi connectivity index (χ4v) is 1.90. The van der Waals surface area contributed by atoms with E-state index in [1.54, 1.807) is 11.8 Å². The standard InChI is InChI=1S/C6H7N3S2/c1-2-3-4-10-6-9-8-5(7)11-6/h4H2,1H3,(H2,7,8). The Bertz CT molecular complexity index is 284. The zero-order valence-electron chi connectivity index (χ0n) is 6.00. The van der Waals surface area contributed by atoms with E-state index in [-0.39, 0.29) is 0 Å². The first-order valence-corrected chi connectivity index (χ1v) is 4.74. The highest BCUT2D eigenvalue weighted by Gasteiger charge is 1.98. The third kappa shape index (κ3) is 2.78. The molecule has 0 aromatic carbocycles. The minimum Gasteiger partial charge on any atom is -0.374 e. The largest absolute Gasteiger partial charge is 0.374 e. The maximum atomic E-state index is 5.38. The minimum atomic E-state index is 0.511. The Balaban J connectivity index is 2.43. The maximum Gasteiger partial charge on any atom is 0.203 e. The molecule has 3 nitrogen and oxygen atoms in total. The monoisotopic (exact) mass is 185 g/mol. The Kier molecular flexibility index (Phi) is 3.20. The first-order valence-electron chi connectivity index (χ1n) is 2.94. The van der Waals surface area contributed by atoms with Gasteiger partial charge in [-0.05, 0) is 6.92 Å². The summed E-state index contributed by atoms with van der Waals surface area (Å²) in [6.45, 7) is 1.81. The van der Waals surface area contributed by atoms with Gasteiger partial charge in [-0.25, -0.2) is 0 Å². The van der Waals surface area contributed by atoms with Gasteiger partial charge in [0.2, 0.25) is 5.13 Å². The van der Waals surface area contributed by atoms with Gasteiger partial charge in [-0.2, -0.15) is 0 Å². The third-order valence-corrected chi connectivity index (χ3v) is 2.63. The second-order valence-electron chi connectivity index (χ2n) is 1.62. The van der Waals surface area contributed by atoms with Crippen molar-refractivity contribution in [1.82, 2.24) is 10.2 Å². The van der Waals surface area contributed by atoms with Crippen LogP contribution in [-0.2, 0) is 0 Å². The first kappa shape index (κ1) is 8.37. The van der Waals surface area contributed by atoms with Crippen LogP contribution < -0.4 is 5.73 Å². The highest BCUT2D eigenvalue weighted by molar-refractivity contribution is 8.01. The average Bonchev–Trinajstić information content (AvgIpc) is 2.37. The van der Waals surface area contributed by atoms with Gasteiger partial charge in [-0.1, -0.05) is 29.0 Å². The van der Waals surface area contributed by atoms with Crippen molar-refractivity contribution in [2.45, 2.75) is 11.3 Å². The predicted octanol–water partition coefficient (Wildman–Crippen LogP) is 1.24. The average molecular weight is 185 g/mol. The summed E-state index contributed by atoms with van der Waals surface area (Å²) in [5.74, 6) is 6.47. The highest BCUT2D eigenvalue weighted by atomic mass is 32.2. The molecule has 0 spiro atoms. The van der Waals surface area contributed by atoms with Gasteiger partial charge in [0.15, 0.2) is 4.34 Å². The van der Waals surface area contributed by atoms with Crippen molar-refractivity contribution in [1.29, 1.82) is 0 Å². The number of nitrogens with zero attached hydrogens (tertiary/aromatic N) is 2. The normalized spacial score (nSPS) is 8.82. The van der Waals surface area contributed by atoms with Crippen molar-refractivity contribution in [2.75, 3.05) is 11.5 Å². The van der Waals surface area contributed by atoms with E-state index >= 15 is 0 Å². The summed E-state index contributed by atoms with van der Waals surface area (Å²) < 4.78 is 0.880. The van der Waals surface area contributed by atoms with Gasteiger partial charge in [0, 0.05) is 0 Å². The van der Waals surface area contributed by atoms with Gasteiger partial charge in [0.1, 0.15) is 0 Å². The minimum absolute atomic E-state index is 0.511. The van der Waals surface area contributed by atoms with Crippen LogP contribution in [0.25, 0.3) is 0 Å². The van der Waals surface area contributed by atoms with Crippen LogP contribution in [0.1, 0.15) is 6.92 Å². The van der Waals surface area contributed by atoms with E-state index in [1.165, 1.54) is 11.3 Å². The van der Waals surface area contributed by atoms with Crippen molar-refractivity contribution in [2.24, 2.45) is 0 Å². The molecule has 58 valence electrons. The van der Waals surface area contributed by atoms with Gasteiger partial charge in [-0.3, -0.25) is 0 Å². The van der Waals surface area contributed by atoms with Crippen molar-refractivity contribution in [3.63, 3.8) is 0 Å². The Morgan fingerprint density at radius 2 is 2.45 bits per heavy atom. The summed E-state index contributed by atoms with van der Waals surface area (Å²) >= 11 is 2.95. The molecule has 0 amide bonds. The molecule has 0 saturated heterocycles. The number of anilines is 1. The van der Waals surface area contributed by atoms with Crippen LogP contribution in [0.3, 0.4) is 0 Å². The lowest BCUT2D eigenvalue weighted by molar-refractivity contribution is 1.02. The fourth-order valence-electron chi connectivity index (χ4n) is 0.449. The summed E-state index contributed by atoms with van der Waals surface area (Å²) in [4.78, 5) is 0. The predicted molar refractivity (Wildman–Crippen MR) is 48.5 cm³/mol. The molecular formula is C6H7N3S2. The van der Waals surface area contributed by atoms with Crippen LogP contribution in [0, 0.1) is 11.8 Å². The van der Waals surface area contributed by atoms with Crippen molar-refractivity contribution in [3.8, 4) is 11.8 Å². The molecule has 0 radical (unpaired) electrons. The van der Waals surface area contributed by atoms with Crippen molar-refractivity contribution >= 4 is 28.2 Å². The number of aromatic nitrogens is 2. The fraction of sp³-hybridized carbons (Fsp3) is 0.333. The van der Waals surface area contributed by atoms with E-state index in [4.69, 9.17) is 5.73 Å². The van der Waals surface area contributed by atoms with Crippen LogP contribution in [0.4, 0.5) is 5.13 Å². The number of nitrogen functional groups attached to an aromatic ring is 1. The molecular weight excluding hydrogens is 178 g/mol. The molecule has 0 unspecified atom stereocenters. The van der Waals surface area contributed by atoms with Gasteiger partial charge in [0.25, 0.3) is 0 Å². The Morgan fingerprint density at radius 1 is 1.64 bits per heavy atom. The number of hydrogen-bond donors (Lipinski definition) is 1. The van der Waals surface area contributed by atoms with Crippen molar-refractivity contribution < 1.29 is 0 Å². The van der Waals surface area contributed by atoms with Crippen LogP contribution >= 0.6 is 23.1 Å².